The number of unbranched alkanes of at least 4 members (excludes halogenated alkanes) is 1. The maximum atomic E-state index is 12.3. The number of carbonyl (C=O) groups is 1. The quantitative estimate of drug-likeness (QED) is 0.598. The van der Waals surface area contributed by atoms with Gasteiger partial charge in [0.05, 0.1) is 18.8 Å². The average molecular weight is 360 g/mol. The van der Waals surface area contributed by atoms with Gasteiger partial charge in [0.2, 0.25) is 0 Å². The van der Waals surface area contributed by atoms with Gasteiger partial charge in [0, 0.05) is 12.8 Å². The lowest BCUT2D eigenvalue weighted by Gasteiger charge is -2.34. The van der Waals surface area contributed by atoms with E-state index in [9.17, 15) is 23.1 Å². The van der Waals surface area contributed by atoms with E-state index in [2.05, 4.69) is 4.74 Å². The van der Waals surface area contributed by atoms with Crippen molar-refractivity contribution in [1.29, 1.82) is 0 Å². The van der Waals surface area contributed by atoms with Gasteiger partial charge < -0.3 is 14.6 Å². The molecule has 0 amide bonds. The van der Waals surface area contributed by atoms with Gasteiger partial charge in [-0.2, -0.15) is 13.2 Å². The molecule has 2 rings (SSSR count). The Morgan fingerprint density at radius 2 is 1.84 bits per heavy atom. The van der Waals surface area contributed by atoms with Crippen LogP contribution in [-0.2, 0) is 20.7 Å². The Morgan fingerprint density at radius 1 is 1.16 bits per heavy atom. The van der Waals surface area contributed by atoms with Gasteiger partial charge in [0.15, 0.2) is 0 Å². The van der Waals surface area contributed by atoms with E-state index in [-0.39, 0.29) is 25.6 Å². The van der Waals surface area contributed by atoms with Crippen LogP contribution < -0.4 is 0 Å². The van der Waals surface area contributed by atoms with E-state index >= 15 is 0 Å². The molecule has 0 aromatic heterocycles. The fourth-order valence-corrected chi connectivity index (χ4v) is 3.03. The van der Waals surface area contributed by atoms with Gasteiger partial charge in [-0.25, -0.2) is 4.79 Å². The number of hydrogen-bond donors (Lipinski definition) is 1. The second kappa shape index (κ2) is 9.20. The van der Waals surface area contributed by atoms with Crippen molar-refractivity contribution in [3.8, 4) is 0 Å². The van der Waals surface area contributed by atoms with Crippen molar-refractivity contribution in [3.63, 3.8) is 0 Å². The van der Waals surface area contributed by atoms with Crippen molar-refractivity contribution >= 4 is 5.97 Å². The monoisotopic (exact) mass is 360 g/mol. The molecule has 4 nitrogen and oxygen atoms in total. The summed E-state index contributed by atoms with van der Waals surface area (Å²) in [6.45, 7) is -0.305. The molecule has 1 saturated heterocycles. The van der Waals surface area contributed by atoms with E-state index in [1.165, 1.54) is 5.56 Å². The fourth-order valence-electron chi connectivity index (χ4n) is 3.03. The molecule has 140 valence electrons. The molecule has 1 aromatic carbocycles. The van der Waals surface area contributed by atoms with Gasteiger partial charge in [-0.1, -0.05) is 36.8 Å². The number of aliphatic hydroxyl groups excluding tert-OH is 1. The van der Waals surface area contributed by atoms with Crippen LogP contribution in [0.3, 0.4) is 0 Å². The maximum absolute atomic E-state index is 12.3. The summed E-state index contributed by atoms with van der Waals surface area (Å²) in [5, 5.41) is 9.25. The van der Waals surface area contributed by atoms with Crippen LogP contribution in [0, 0.1) is 0 Å². The van der Waals surface area contributed by atoms with Crippen molar-refractivity contribution in [2.75, 3.05) is 6.61 Å². The maximum Gasteiger partial charge on any atom is 0.490 e. The van der Waals surface area contributed by atoms with Crippen LogP contribution in [0.15, 0.2) is 30.3 Å². The van der Waals surface area contributed by atoms with E-state index < -0.39 is 24.4 Å². The Labute approximate surface area is 144 Å². The number of aryl methyl sites for hydroxylation is 1. The molecule has 0 bridgehead atoms. The number of hydrogen-bond acceptors (Lipinski definition) is 4. The summed E-state index contributed by atoms with van der Waals surface area (Å²) in [5.41, 5.74) is 1.23. The zero-order valence-electron chi connectivity index (χ0n) is 13.9. The Kier molecular flexibility index (Phi) is 7.25. The molecule has 0 radical (unpaired) electrons. The van der Waals surface area contributed by atoms with Crippen LogP contribution in [-0.4, -0.2) is 42.2 Å². The van der Waals surface area contributed by atoms with Crippen LogP contribution in [0.5, 0.6) is 0 Å². The highest BCUT2D eigenvalue weighted by molar-refractivity contribution is 5.75. The van der Waals surface area contributed by atoms with Crippen molar-refractivity contribution in [1.82, 2.24) is 0 Å². The number of rotatable bonds is 7. The third kappa shape index (κ3) is 6.66. The van der Waals surface area contributed by atoms with E-state index in [0.29, 0.717) is 6.42 Å². The van der Waals surface area contributed by atoms with Crippen LogP contribution >= 0.6 is 0 Å². The third-order valence-electron chi connectivity index (χ3n) is 4.23. The van der Waals surface area contributed by atoms with Gasteiger partial charge in [-0.05, 0) is 24.8 Å². The summed E-state index contributed by atoms with van der Waals surface area (Å²) in [5.74, 6) is -2.18. The Balaban J connectivity index is 1.78. The second-order valence-electron chi connectivity index (χ2n) is 6.29. The summed E-state index contributed by atoms with van der Waals surface area (Å²) in [6.07, 6.45) is -3.13. The molecule has 3 atom stereocenters. The van der Waals surface area contributed by atoms with E-state index in [1.54, 1.807) is 0 Å². The molecule has 1 fully saturated rings. The predicted molar refractivity (Wildman–Crippen MR) is 84.9 cm³/mol. The highest BCUT2D eigenvalue weighted by Crippen LogP contribution is 2.28. The molecule has 1 heterocycles. The van der Waals surface area contributed by atoms with E-state index in [0.717, 1.165) is 19.3 Å². The first-order chi connectivity index (χ1) is 11.9. The third-order valence-corrected chi connectivity index (χ3v) is 4.23. The number of esters is 1. The molecule has 0 unspecified atom stereocenters. The summed E-state index contributed by atoms with van der Waals surface area (Å²) < 4.78 is 47.2. The van der Waals surface area contributed by atoms with Crippen molar-refractivity contribution < 1.29 is 32.5 Å². The highest BCUT2D eigenvalue weighted by Gasteiger charge is 2.43. The molecular formula is C18H23F3O4. The lowest BCUT2D eigenvalue weighted by atomic mass is 9.96. The Bertz CT molecular complexity index is 533. The molecule has 0 saturated carbocycles. The second-order valence-corrected chi connectivity index (χ2v) is 6.29. The molecule has 1 N–H and O–H groups in total. The summed E-state index contributed by atoms with van der Waals surface area (Å²) >= 11 is 0. The topological polar surface area (TPSA) is 55.8 Å². The SMILES string of the molecule is O=C(O[C@H]1C[C@@H](CCCCc2ccccc2)O[C@@H](CO)C1)C(F)(F)F. The zero-order chi connectivity index (χ0) is 18.3. The van der Waals surface area contributed by atoms with Crippen molar-refractivity contribution in [2.45, 2.75) is 63.0 Å². The Morgan fingerprint density at radius 3 is 2.48 bits per heavy atom. The average Bonchev–Trinajstić information content (AvgIpc) is 2.58. The zero-order valence-corrected chi connectivity index (χ0v) is 13.9. The minimum Gasteiger partial charge on any atom is -0.456 e. The number of ether oxygens (including phenoxy) is 2. The van der Waals surface area contributed by atoms with Crippen LogP contribution in [0.2, 0.25) is 0 Å². The fraction of sp³-hybridized carbons (Fsp3) is 0.611. The standard InChI is InChI=1S/C18H23F3O4/c19-18(20,21)17(23)25-15-10-14(24-16(11-15)12-22)9-5-4-8-13-6-2-1-3-7-13/h1-3,6-7,14-16,22H,4-5,8-12H2/t14-,15+,16-/m1/s1. The molecule has 1 aliphatic heterocycles. The van der Waals surface area contributed by atoms with Crippen LogP contribution in [0.25, 0.3) is 0 Å². The summed E-state index contributed by atoms with van der Waals surface area (Å²) in [6, 6.07) is 10.0. The van der Waals surface area contributed by atoms with Crippen LogP contribution in [0.4, 0.5) is 13.2 Å². The van der Waals surface area contributed by atoms with Gasteiger partial charge in [0.25, 0.3) is 0 Å². The first-order valence-corrected chi connectivity index (χ1v) is 8.46. The normalized spacial score (nSPS) is 24.1. The lowest BCUT2D eigenvalue weighted by Crippen LogP contribution is -2.41. The molecule has 7 heteroatoms. The summed E-state index contributed by atoms with van der Waals surface area (Å²) in [7, 11) is 0. The summed E-state index contributed by atoms with van der Waals surface area (Å²) in [4.78, 5) is 11.0. The molecule has 1 aromatic rings. The molecular weight excluding hydrogens is 337 g/mol. The van der Waals surface area contributed by atoms with Gasteiger partial charge in [0.1, 0.15) is 6.10 Å². The molecule has 25 heavy (non-hydrogen) atoms. The number of halogens is 3. The number of benzene rings is 1. The van der Waals surface area contributed by atoms with E-state index in [4.69, 9.17) is 4.74 Å². The number of carbonyl (C=O) groups excluding carboxylic acids is 1. The number of aliphatic hydroxyl groups is 1. The van der Waals surface area contributed by atoms with Crippen molar-refractivity contribution in [3.05, 3.63) is 35.9 Å². The number of alkyl halides is 3. The molecule has 1 aliphatic rings. The van der Waals surface area contributed by atoms with Gasteiger partial charge in [-0.3, -0.25) is 0 Å². The first-order valence-electron chi connectivity index (χ1n) is 8.46. The first kappa shape index (κ1) is 19.7. The minimum absolute atomic E-state index is 0.0822. The highest BCUT2D eigenvalue weighted by atomic mass is 19.4. The largest absolute Gasteiger partial charge is 0.490 e. The predicted octanol–water partition coefficient (Wildman–Crippen LogP) is 3.41. The van der Waals surface area contributed by atoms with Crippen molar-refractivity contribution in [2.24, 2.45) is 0 Å². The smallest absolute Gasteiger partial charge is 0.456 e. The molecule has 0 aliphatic carbocycles. The Hall–Kier alpha value is -1.60. The van der Waals surface area contributed by atoms with Gasteiger partial charge in [-0.15, -0.1) is 0 Å². The van der Waals surface area contributed by atoms with E-state index in [1.807, 2.05) is 30.3 Å². The van der Waals surface area contributed by atoms with Gasteiger partial charge >= 0.3 is 12.1 Å². The lowest BCUT2D eigenvalue weighted by molar-refractivity contribution is -0.213. The van der Waals surface area contributed by atoms with Crippen LogP contribution in [0.1, 0.15) is 37.7 Å². The minimum atomic E-state index is -5.00. The molecule has 0 spiro atoms.